The fourth-order valence-corrected chi connectivity index (χ4v) is 0.806. The minimum absolute atomic E-state index is 0.229. The molecule has 0 fully saturated rings. The minimum Gasteiger partial charge on any atom is -0.384 e. The summed E-state index contributed by atoms with van der Waals surface area (Å²) in [7, 11) is 0. The summed E-state index contributed by atoms with van der Waals surface area (Å²) in [5.41, 5.74) is 0. The third-order valence-electron chi connectivity index (χ3n) is 1.47. The number of carbonyl (C=O) groups is 1. The first kappa shape index (κ1) is 10.1. The molecule has 11 heavy (non-hydrogen) atoms. The van der Waals surface area contributed by atoms with Crippen molar-refractivity contribution in [1.29, 1.82) is 0 Å². The van der Waals surface area contributed by atoms with Gasteiger partial charge in [0.25, 0.3) is 0 Å². The molecule has 1 N–H and O–H groups in total. The number of rotatable bonds is 4. The van der Waals surface area contributed by atoms with E-state index in [1.54, 1.807) is 18.2 Å². The van der Waals surface area contributed by atoms with Crippen molar-refractivity contribution in [3.63, 3.8) is 0 Å². The maximum absolute atomic E-state index is 10.7. The Morgan fingerprint density at radius 3 is 2.45 bits per heavy atom. The van der Waals surface area contributed by atoms with Crippen molar-refractivity contribution in [3.8, 4) is 0 Å². The van der Waals surface area contributed by atoms with Gasteiger partial charge in [-0.1, -0.05) is 18.2 Å². The maximum atomic E-state index is 10.7. The average molecular weight is 154 g/mol. The average Bonchev–Trinajstić information content (AvgIpc) is 1.98. The third kappa shape index (κ3) is 3.14. The van der Waals surface area contributed by atoms with Crippen molar-refractivity contribution in [2.75, 3.05) is 0 Å². The molecule has 0 aliphatic carbocycles. The molecule has 62 valence electrons. The second kappa shape index (κ2) is 4.85. The third-order valence-corrected chi connectivity index (χ3v) is 1.47. The monoisotopic (exact) mass is 154 g/mol. The van der Waals surface area contributed by atoms with Crippen LogP contribution in [0.15, 0.2) is 24.8 Å². The van der Waals surface area contributed by atoms with Crippen molar-refractivity contribution in [3.05, 3.63) is 24.8 Å². The molecule has 0 heterocycles. The SMILES string of the molecule is C=C[C@@H](/C=C/C)[C@@H](O)C(C)=O. The lowest BCUT2D eigenvalue weighted by Gasteiger charge is -2.11. The molecule has 0 aromatic heterocycles. The zero-order valence-corrected chi connectivity index (χ0v) is 6.95. The molecule has 0 aliphatic heterocycles. The molecule has 0 bridgehead atoms. The van der Waals surface area contributed by atoms with Crippen molar-refractivity contribution < 1.29 is 9.90 Å². The van der Waals surface area contributed by atoms with Gasteiger partial charge in [0.05, 0.1) is 0 Å². The number of aliphatic hydroxyl groups excluding tert-OH is 1. The molecule has 0 aromatic carbocycles. The number of carbonyl (C=O) groups excluding carboxylic acids is 1. The van der Waals surface area contributed by atoms with Crippen LogP contribution in [0.2, 0.25) is 0 Å². The van der Waals surface area contributed by atoms with Crippen LogP contribution in [-0.4, -0.2) is 17.0 Å². The molecular formula is C9H14O2. The minimum atomic E-state index is -0.941. The van der Waals surface area contributed by atoms with Crippen LogP contribution in [0.5, 0.6) is 0 Å². The molecule has 0 aliphatic rings. The zero-order chi connectivity index (χ0) is 8.85. The van der Waals surface area contributed by atoms with E-state index in [0.717, 1.165) is 0 Å². The normalized spacial score (nSPS) is 16.3. The molecule has 0 radical (unpaired) electrons. The Morgan fingerprint density at radius 2 is 2.18 bits per heavy atom. The van der Waals surface area contributed by atoms with Gasteiger partial charge in [0, 0.05) is 5.92 Å². The highest BCUT2D eigenvalue weighted by atomic mass is 16.3. The summed E-state index contributed by atoms with van der Waals surface area (Å²) >= 11 is 0. The van der Waals surface area contributed by atoms with Crippen LogP contribution >= 0.6 is 0 Å². The fraction of sp³-hybridized carbons (Fsp3) is 0.444. The van der Waals surface area contributed by atoms with Crippen LogP contribution in [-0.2, 0) is 4.79 Å². The van der Waals surface area contributed by atoms with Gasteiger partial charge in [0.15, 0.2) is 5.78 Å². The molecule has 0 aromatic rings. The highest BCUT2D eigenvalue weighted by Gasteiger charge is 2.16. The van der Waals surface area contributed by atoms with Crippen molar-refractivity contribution in [2.24, 2.45) is 5.92 Å². The van der Waals surface area contributed by atoms with Gasteiger partial charge in [0.1, 0.15) is 6.10 Å². The first-order chi connectivity index (χ1) is 5.13. The van der Waals surface area contributed by atoms with Gasteiger partial charge in [-0.2, -0.15) is 0 Å². The zero-order valence-electron chi connectivity index (χ0n) is 6.95. The summed E-state index contributed by atoms with van der Waals surface area (Å²) in [6.07, 6.45) is 4.16. The molecule has 0 saturated heterocycles. The largest absolute Gasteiger partial charge is 0.384 e. The highest BCUT2D eigenvalue weighted by Crippen LogP contribution is 2.07. The van der Waals surface area contributed by atoms with E-state index in [0.29, 0.717) is 0 Å². The number of allylic oxidation sites excluding steroid dienone is 1. The van der Waals surface area contributed by atoms with Crippen molar-refractivity contribution >= 4 is 5.78 Å². The Kier molecular flexibility index (Phi) is 4.46. The van der Waals surface area contributed by atoms with Gasteiger partial charge in [0.2, 0.25) is 0 Å². The van der Waals surface area contributed by atoms with Gasteiger partial charge in [-0.3, -0.25) is 4.79 Å². The quantitative estimate of drug-likeness (QED) is 0.620. The van der Waals surface area contributed by atoms with E-state index in [2.05, 4.69) is 6.58 Å². The van der Waals surface area contributed by atoms with Gasteiger partial charge in [-0.05, 0) is 13.8 Å². The highest BCUT2D eigenvalue weighted by molar-refractivity contribution is 5.81. The standard InChI is InChI=1S/C9H14O2/c1-4-6-8(5-2)9(11)7(3)10/h4-6,8-9,11H,2H2,1,3H3/b6-4+/t8-,9-/m0/s1. The first-order valence-electron chi connectivity index (χ1n) is 3.57. The predicted octanol–water partition coefficient (Wildman–Crippen LogP) is 1.31. The van der Waals surface area contributed by atoms with Crippen LogP contribution in [0, 0.1) is 5.92 Å². The molecule has 2 heteroatoms. The number of hydrogen-bond donors (Lipinski definition) is 1. The Bertz CT molecular complexity index is 170. The van der Waals surface area contributed by atoms with E-state index in [-0.39, 0.29) is 11.7 Å². The van der Waals surface area contributed by atoms with E-state index < -0.39 is 6.10 Å². The molecular weight excluding hydrogens is 140 g/mol. The lowest BCUT2D eigenvalue weighted by Crippen LogP contribution is -2.24. The van der Waals surface area contributed by atoms with Crippen molar-refractivity contribution in [2.45, 2.75) is 20.0 Å². The van der Waals surface area contributed by atoms with E-state index in [1.807, 2.05) is 6.92 Å². The van der Waals surface area contributed by atoms with Gasteiger partial charge < -0.3 is 5.11 Å². The topological polar surface area (TPSA) is 37.3 Å². The maximum Gasteiger partial charge on any atom is 0.159 e. The number of Topliss-reactive ketones (excluding diaryl/α,β-unsaturated/α-hetero) is 1. The second-order valence-corrected chi connectivity index (χ2v) is 2.39. The van der Waals surface area contributed by atoms with E-state index >= 15 is 0 Å². The van der Waals surface area contributed by atoms with Gasteiger partial charge in [-0.25, -0.2) is 0 Å². The number of ketones is 1. The second-order valence-electron chi connectivity index (χ2n) is 2.39. The fourth-order valence-electron chi connectivity index (χ4n) is 0.806. The van der Waals surface area contributed by atoms with E-state index in [1.165, 1.54) is 6.92 Å². The summed E-state index contributed by atoms with van der Waals surface area (Å²) in [6.45, 7) is 6.72. The van der Waals surface area contributed by atoms with E-state index in [4.69, 9.17) is 0 Å². The Morgan fingerprint density at radius 1 is 1.64 bits per heavy atom. The summed E-state index contributed by atoms with van der Waals surface area (Å²) in [5.74, 6) is -0.481. The van der Waals surface area contributed by atoms with Crippen LogP contribution in [0.25, 0.3) is 0 Å². The summed E-state index contributed by atoms with van der Waals surface area (Å²) in [5, 5.41) is 9.25. The molecule has 0 saturated carbocycles. The van der Waals surface area contributed by atoms with Crippen LogP contribution in [0.3, 0.4) is 0 Å². The van der Waals surface area contributed by atoms with Gasteiger partial charge >= 0.3 is 0 Å². The molecule has 0 rings (SSSR count). The Hall–Kier alpha value is -0.890. The predicted molar refractivity (Wildman–Crippen MR) is 45.2 cm³/mol. The molecule has 2 nitrogen and oxygen atoms in total. The summed E-state index contributed by atoms with van der Waals surface area (Å²) in [6, 6.07) is 0. The molecule has 2 atom stereocenters. The van der Waals surface area contributed by atoms with Crippen LogP contribution < -0.4 is 0 Å². The lowest BCUT2D eigenvalue weighted by atomic mass is 9.99. The van der Waals surface area contributed by atoms with E-state index in [9.17, 15) is 9.90 Å². The first-order valence-corrected chi connectivity index (χ1v) is 3.57. The lowest BCUT2D eigenvalue weighted by molar-refractivity contribution is -0.125. The molecule has 0 amide bonds. The smallest absolute Gasteiger partial charge is 0.159 e. The van der Waals surface area contributed by atoms with Crippen LogP contribution in [0.4, 0.5) is 0 Å². The number of hydrogen-bond acceptors (Lipinski definition) is 2. The summed E-state index contributed by atoms with van der Waals surface area (Å²) in [4.78, 5) is 10.7. The van der Waals surface area contributed by atoms with Crippen molar-refractivity contribution in [1.82, 2.24) is 0 Å². The summed E-state index contributed by atoms with van der Waals surface area (Å²) < 4.78 is 0. The Labute approximate surface area is 67.2 Å². The van der Waals surface area contributed by atoms with Gasteiger partial charge in [-0.15, -0.1) is 6.58 Å². The number of aliphatic hydroxyl groups is 1. The molecule has 0 spiro atoms. The molecule has 0 unspecified atom stereocenters. The van der Waals surface area contributed by atoms with Crippen LogP contribution in [0.1, 0.15) is 13.8 Å². The Balaban J connectivity index is 4.24.